The number of piperidine rings is 1. The highest BCUT2D eigenvalue weighted by Crippen LogP contribution is 2.31. The maximum atomic E-state index is 11.9. The summed E-state index contributed by atoms with van der Waals surface area (Å²) in [4.78, 5) is 11.9. The van der Waals surface area contributed by atoms with E-state index in [0.717, 1.165) is 25.9 Å². The number of ether oxygens (including phenoxy) is 2. The number of amides is 1. The maximum Gasteiger partial charge on any atom is 0.412 e. The van der Waals surface area contributed by atoms with Gasteiger partial charge in [0.25, 0.3) is 0 Å². The van der Waals surface area contributed by atoms with Gasteiger partial charge in [0.2, 0.25) is 0 Å². The Labute approximate surface area is 142 Å². The molecule has 0 radical (unpaired) electrons. The lowest BCUT2D eigenvalue weighted by Gasteiger charge is -2.34. The van der Waals surface area contributed by atoms with Gasteiger partial charge in [0.15, 0.2) is 0 Å². The molecular weight excluding hydrogens is 316 g/mol. The van der Waals surface area contributed by atoms with Crippen LogP contribution in [0.15, 0.2) is 18.2 Å². The normalized spacial score (nSPS) is 17.4. The van der Waals surface area contributed by atoms with Gasteiger partial charge >= 0.3 is 6.09 Å². The number of carbonyl (C=O) groups excluding carboxylic acids is 1. The number of hydrogen-bond donors (Lipinski definition) is 2. The number of nitrogens with one attached hydrogen (secondary N) is 2. The molecule has 5 nitrogen and oxygen atoms in total. The molecule has 1 aromatic carbocycles. The van der Waals surface area contributed by atoms with Crippen molar-refractivity contribution < 1.29 is 14.3 Å². The first-order valence-corrected chi connectivity index (χ1v) is 8.24. The van der Waals surface area contributed by atoms with Crippen molar-refractivity contribution >= 4 is 23.4 Å². The van der Waals surface area contributed by atoms with Crippen molar-refractivity contribution in [1.29, 1.82) is 0 Å². The molecule has 6 heteroatoms. The summed E-state index contributed by atoms with van der Waals surface area (Å²) in [5, 5.41) is 6.43. The molecule has 23 heavy (non-hydrogen) atoms. The van der Waals surface area contributed by atoms with Crippen LogP contribution in [0.5, 0.6) is 5.75 Å². The monoisotopic (exact) mass is 340 g/mol. The smallest absolute Gasteiger partial charge is 0.412 e. The molecule has 2 rings (SSSR count). The van der Waals surface area contributed by atoms with Gasteiger partial charge in [0.1, 0.15) is 17.0 Å². The van der Waals surface area contributed by atoms with Crippen LogP contribution < -0.4 is 15.4 Å². The van der Waals surface area contributed by atoms with Crippen LogP contribution in [-0.4, -0.2) is 30.4 Å². The molecule has 128 valence electrons. The van der Waals surface area contributed by atoms with E-state index in [9.17, 15) is 4.79 Å². The van der Waals surface area contributed by atoms with E-state index in [1.54, 1.807) is 12.1 Å². The minimum atomic E-state index is -0.562. The molecule has 1 aliphatic heterocycles. The fraction of sp³-hybridized carbons (Fsp3) is 0.588. The molecular formula is C17H25ClN2O3. The molecule has 0 spiro atoms. The molecule has 1 heterocycles. The third kappa shape index (κ3) is 5.59. The predicted molar refractivity (Wildman–Crippen MR) is 92.4 cm³/mol. The van der Waals surface area contributed by atoms with Crippen LogP contribution in [-0.2, 0) is 4.74 Å². The van der Waals surface area contributed by atoms with E-state index in [1.807, 2.05) is 26.8 Å². The minimum Gasteiger partial charge on any atom is -0.487 e. The summed E-state index contributed by atoms with van der Waals surface area (Å²) in [6.45, 7) is 9.41. The topological polar surface area (TPSA) is 59.6 Å². The van der Waals surface area contributed by atoms with Crippen molar-refractivity contribution in [2.75, 3.05) is 18.4 Å². The van der Waals surface area contributed by atoms with Gasteiger partial charge in [-0.25, -0.2) is 4.79 Å². The first kappa shape index (κ1) is 17.9. The van der Waals surface area contributed by atoms with Crippen molar-refractivity contribution in [2.45, 2.75) is 51.7 Å². The largest absolute Gasteiger partial charge is 0.487 e. The third-order valence-corrected chi connectivity index (χ3v) is 3.93. The Morgan fingerprint density at radius 2 is 1.96 bits per heavy atom. The zero-order chi connectivity index (χ0) is 17.1. The first-order chi connectivity index (χ1) is 10.7. The zero-order valence-corrected chi connectivity index (χ0v) is 14.9. The number of carbonyl (C=O) groups is 1. The molecule has 0 aliphatic carbocycles. The van der Waals surface area contributed by atoms with Crippen molar-refractivity contribution in [3.8, 4) is 5.75 Å². The second-order valence-electron chi connectivity index (χ2n) is 7.07. The lowest BCUT2D eigenvalue weighted by molar-refractivity contribution is 0.0557. The van der Waals surface area contributed by atoms with E-state index in [2.05, 4.69) is 17.6 Å². The molecule has 1 fully saturated rings. The Balaban J connectivity index is 2.08. The lowest BCUT2D eigenvalue weighted by Crippen LogP contribution is -2.43. The molecule has 2 N–H and O–H groups in total. The molecule has 1 aromatic rings. The Hall–Kier alpha value is -1.46. The Bertz CT molecular complexity index is 563. The molecule has 0 atom stereocenters. The summed E-state index contributed by atoms with van der Waals surface area (Å²) in [5.41, 5.74) is -0.286. The van der Waals surface area contributed by atoms with Crippen LogP contribution in [0.25, 0.3) is 0 Å². The van der Waals surface area contributed by atoms with Gasteiger partial charge < -0.3 is 14.8 Å². The van der Waals surface area contributed by atoms with E-state index < -0.39 is 11.7 Å². The number of benzene rings is 1. The molecule has 0 bridgehead atoms. The molecule has 0 saturated carbocycles. The van der Waals surface area contributed by atoms with Gasteiger partial charge in [-0.1, -0.05) is 11.6 Å². The fourth-order valence-corrected chi connectivity index (χ4v) is 2.58. The first-order valence-electron chi connectivity index (χ1n) is 7.86. The van der Waals surface area contributed by atoms with Gasteiger partial charge in [-0.3, -0.25) is 5.32 Å². The van der Waals surface area contributed by atoms with Gasteiger partial charge in [-0.15, -0.1) is 0 Å². The second-order valence-corrected chi connectivity index (χ2v) is 7.48. The highest BCUT2D eigenvalue weighted by molar-refractivity contribution is 6.33. The number of anilines is 1. The van der Waals surface area contributed by atoms with Crippen LogP contribution in [0, 0.1) is 0 Å². The summed E-state index contributed by atoms with van der Waals surface area (Å²) in [6, 6.07) is 5.27. The number of halogens is 1. The third-order valence-electron chi connectivity index (χ3n) is 3.60. The maximum absolute atomic E-state index is 11.9. The van der Waals surface area contributed by atoms with Crippen LogP contribution in [0.1, 0.15) is 40.5 Å². The summed E-state index contributed by atoms with van der Waals surface area (Å²) in [6.07, 6.45) is 1.33. The van der Waals surface area contributed by atoms with Crippen LogP contribution in [0.4, 0.5) is 10.5 Å². The second kappa shape index (κ2) is 6.97. The predicted octanol–water partition coefficient (Wildman–Crippen LogP) is 4.21. The van der Waals surface area contributed by atoms with E-state index in [0.29, 0.717) is 16.5 Å². The van der Waals surface area contributed by atoms with Gasteiger partial charge in [-0.2, -0.15) is 0 Å². The van der Waals surface area contributed by atoms with Crippen molar-refractivity contribution in [3.63, 3.8) is 0 Å². The Morgan fingerprint density at radius 3 is 2.57 bits per heavy atom. The van der Waals surface area contributed by atoms with Gasteiger partial charge in [0.05, 0.1) is 10.7 Å². The van der Waals surface area contributed by atoms with E-state index in [4.69, 9.17) is 21.1 Å². The molecule has 0 aromatic heterocycles. The van der Waals surface area contributed by atoms with Crippen LogP contribution >= 0.6 is 11.6 Å². The molecule has 0 unspecified atom stereocenters. The standard InChI is InChI=1S/C17H25ClN2O3/c1-16(2,3)23-15(21)20-14-11-12(5-6-13(14)18)22-17(4)7-9-19-10-8-17/h5-6,11,19H,7-10H2,1-4H3,(H,20,21). The summed E-state index contributed by atoms with van der Waals surface area (Å²) in [5.74, 6) is 0.685. The summed E-state index contributed by atoms with van der Waals surface area (Å²) < 4.78 is 11.4. The van der Waals surface area contributed by atoms with Gasteiger partial charge in [0, 0.05) is 6.07 Å². The van der Waals surface area contributed by atoms with Crippen molar-refractivity contribution in [1.82, 2.24) is 5.32 Å². The highest BCUT2D eigenvalue weighted by atomic mass is 35.5. The van der Waals surface area contributed by atoms with E-state index >= 15 is 0 Å². The number of rotatable bonds is 3. The van der Waals surface area contributed by atoms with Crippen molar-refractivity contribution in [2.24, 2.45) is 0 Å². The number of hydrogen-bond acceptors (Lipinski definition) is 4. The lowest BCUT2D eigenvalue weighted by atomic mass is 9.94. The fourth-order valence-electron chi connectivity index (χ4n) is 2.42. The Kier molecular flexibility index (Phi) is 5.42. The van der Waals surface area contributed by atoms with E-state index in [1.165, 1.54) is 0 Å². The molecule has 1 amide bonds. The van der Waals surface area contributed by atoms with Crippen molar-refractivity contribution in [3.05, 3.63) is 23.2 Å². The van der Waals surface area contributed by atoms with E-state index in [-0.39, 0.29) is 5.60 Å². The zero-order valence-electron chi connectivity index (χ0n) is 14.2. The van der Waals surface area contributed by atoms with Gasteiger partial charge in [-0.05, 0) is 65.8 Å². The molecule has 1 saturated heterocycles. The van der Waals surface area contributed by atoms with Crippen LogP contribution in [0.3, 0.4) is 0 Å². The highest BCUT2D eigenvalue weighted by Gasteiger charge is 2.29. The van der Waals surface area contributed by atoms with Crippen LogP contribution in [0.2, 0.25) is 5.02 Å². The average Bonchev–Trinajstić information content (AvgIpc) is 2.41. The summed E-state index contributed by atoms with van der Waals surface area (Å²) >= 11 is 6.15. The molecule has 1 aliphatic rings. The minimum absolute atomic E-state index is 0.206. The average molecular weight is 341 g/mol. The Morgan fingerprint density at radius 1 is 1.30 bits per heavy atom. The SMILES string of the molecule is CC(C)(C)OC(=O)Nc1cc(OC2(C)CCNCC2)ccc1Cl. The summed E-state index contributed by atoms with van der Waals surface area (Å²) in [7, 11) is 0. The quantitative estimate of drug-likeness (QED) is 0.865.